The molecule has 0 unspecified atom stereocenters. The van der Waals surface area contributed by atoms with Gasteiger partial charge in [-0.2, -0.15) is 0 Å². The maximum absolute atomic E-state index is 13.2. The van der Waals surface area contributed by atoms with E-state index >= 15 is 0 Å². The molecule has 5 rings (SSSR count). The van der Waals surface area contributed by atoms with Gasteiger partial charge in [0, 0.05) is 47.5 Å². The second-order valence-electron chi connectivity index (χ2n) is 9.92. The molecular weight excluding hydrogens is 436 g/mol. The summed E-state index contributed by atoms with van der Waals surface area (Å²) >= 11 is 1.56. The van der Waals surface area contributed by atoms with Crippen LogP contribution in [0.25, 0.3) is 10.9 Å². The highest BCUT2D eigenvalue weighted by Crippen LogP contribution is 2.32. The summed E-state index contributed by atoms with van der Waals surface area (Å²) in [5, 5.41) is 4.14. The molecule has 1 fully saturated rings. The van der Waals surface area contributed by atoms with E-state index in [-0.39, 0.29) is 17.9 Å². The molecule has 0 atom stereocenters. The number of nitrogens with one attached hydrogen (secondary N) is 1. The molecule has 2 aliphatic heterocycles. The number of carbonyl (C=O) groups is 2. The Morgan fingerprint density at radius 3 is 2.64 bits per heavy atom. The number of aromatic nitrogens is 2. The molecule has 2 aliphatic rings. The normalized spacial score (nSPS) is 17.3. The summed E-state index contributed by atoms with van der Waals surface area (Å²) in [6, 6.07) is 8.31. The summed E-state index contributed by atoms with van der Waals surface area (Å²) in [6.45, 7) is 8.24. The Bertz CT molecular complexity index is 1180. The number of benzene rings is 1. The zero-order valence-electron chi connectivity index (χ0n) is 19.4. The van der Waals surface area contributed by atoms with Crippen molar-refractivity contribution in [3.05, 3.63) is 51.6 Å². The van der Waals surface area contributed by atoms with E-state index in [1.165, 1.54) is 10.9 Å². The first kappa shape index (κ1) is 21.9. The highest BCUT2D eigenvalue weighted by atomic mass is 32.1. The minimum absolute atomic E-state index is 0.00648. The smallest absolute Gasteiger partial charge is 0.410 e. The Morgan fingerprint density at radius 2 is 1.88 bits per heavy atom. The van der Waals surface area contributed by atoms with E-state index in [4.69, 9.17) is 9.72 Å². The number of rotatable bonds is 2. The number of fused-ring (bicyclic) bond motifs is 3. The lowest BCUT2D eigenvalue weighted by Gasteiger charge is -2.32. The maximum atomic E-state index is 13.2. The van der Waals surface area contributed by atoms with E-state index < -0.39 is 5.60 Å². The molecule has 7 nitrogen and oxygen atoms in total. The number of amides is 2. The minimum Gasteiger partial charge on any atom is -0.444 e. The monoisotopic (exact) mass is 466 g/mol. The summed E-state index contributed by atoms with van der Waals surface area (Å²) < 4.78 is 5.49. The summed E-state index contributed by atoms with van der Waals surface area (Å²) in [7, 11) is 0. The lowest BCUT2D eigenvalue weighted by atomic mass is 9.98. The van der Waals surface area contributed by atoms with Crippen LogP contribution >= 0.6 is 11.3 Å². The van der Waals surface area contributed by atoms with E-state index in [0.29, 0.717) is 31.9 Å². The van der Waals surface area contributed by atoms with Crippen LogP contribution in [0.3, 0.4) is 0 Å². The molecule has 2 aromatic heterocycles. The first-order valence-corrected chi connectivity index (χ1v) is 12.5. The van der Waals surface area contributed by atoms with Gasteiger partial charge in [0.15, 0.2) is 0 Å². The predicted octanol–water partition coefficient (Wildman–Crippen LogP) is 4.94. The largest absolute Gasteiger partial charge is 0.444 e. The molecule has 0 saturated carbocycles. The van der Waals surface area contributed by atoms with Crippen LogP contribution in [-0.2, 0) is 17.7 Å². The molecule has 0 radical (unpaired) electrons. The molecule has 4 heterocycles. The third-order valence-corrected chi connectivity index (χ3v) is 7.41. The second-order valence-corrected chi connectivity index (χ2v) is 10.8. The third-order valence-electron chi connectivity index (χ3n) is 6.41. The van der Waals surface area contributed by atoms with Gasteiger partial charge >= 0.3 is 6.09 Å². The van der Waals surface area contributed by atoms with Gasteiger partial charge in [0.1, 0.15) is 11.3 Å². The van der Waals surface area contributed by atoms with Crippen LogP contribution in [0.2, 0.25) is 0 Å². The molecule has 0 aliphatic carbocycles. The number of nitrogens with zero attached hydrogens (tertiary/aromatic N) is 3. The standard InChI is InChI=1S/C25H30N4O3S/c1-25(2,3)32-24(31)28-11-8-16(9-12-28)22-27-21(15-33-22)23(30)29-13-10-18-17-6-4-5-7-19(17)26-20(18)14-29/h4-7,15-16,26H,8-14H2,1-3H3. The number of likely N-dealkylation sites (tertiary alicyclic amines) is 1. The van der Waals surface area contributed by atoms with E-state index in [1.54, 1.807) is 16.2 Å². The van der Waals surface area contributed by atoms with Crippen LogP contribution in [0, 0.1) is 0 Å². The van der Waals surface area contributed by atoms with Crippen molar-refractivity contribution >= 4 is 34.2 Å². The van der Waals surface area contributed by atoms with Gasteiger partial charge in [0.2, 0.25) is 0 Å². The lowest BCUT2D eigenvalue weighted by Crippen LogP contribution is -2.41. The Morgan fingerprint density at radius 1 is 1.12 bits per heavy atom. The van der Waals surface area contributed by atoms with Crippen molar-refractivity contribution in [2.75, 3.05) is 19.6 Å². The Hall–Kier alpha value is -2.87. The van der Waals surface area contributed by atoms with Crippen molar-refractivity contribution in [2.45, 2.75) is 58.1 Å². The number of hydrogen-bond acceptors (Lipinski definition) is 5. The SMILES string of the molecule is CC(C)(C)OC(=O)N1CCC(c2nc(C(=O)N3CCc4c([nH]c5ccccc45)C3)cs2)CC1. The summed E-state index contributed by atoms with van der Waals surface area (Å²) in [6.07, 6.45) is 2.27. The van der Waals surface area contributed by atoms with Gasteiger partial charge in [-0.15, -0.1) is 11.3 Å². The summed E-state index contributed by atoms with van der Waals surface area (Å²) in [5.74, 6) is 0.268. The fourth-order valence-electron chi connectivity index (χ4n) is 4.74. The van der Waals surface area contributed by atoms with E-state index in [2.05, 4.69) is 23.2 Å². The number of H-pyrrole nitrogens is 1. The molecule has 0 bridgehead atoms. The molecule has 33 heavy (non-hydrogen) atoms. The first-order chi connectivity index (χ1) is 15.8. The molecule has 0 spiro atoms. The van der Waals surface area contributed by atoms with E-state index in [1.807, 2.05) is 37.1 Å². The van der Waals surface area contributed by atoms with E-state index in [0.717, 1.165) is 35.5 Å². The van der Waals surface area contributed by atoms with Crippen LogP contribution in [0.1, 0.15) is 66.3 Å². The van der Waals surface area contributed by atoms with Crippen LogP contribution in [-0.4, -0.2) is 57.0 Å². The van der Waals surface area contributed by atoms with Gasteiger partial charge < -0.3 is 19.5 Å². The molecule has 1 N–H and O–H groups in total. The zero-order valence-corrected chi connectivity index (χ0v) is 20.2. The average molecular weight is 467 g/mol. The predicted molar refractivity (Wildman–Crippen MR) is 129 cm³/mol. The van der Waals surface area contributed by atoms with Crippen LogP contribution in [0.5, 0.6) is 0 Å². The van der Waals surface area contributed by atoms with Crippen molar-refractivity contribution in [2.24, 2.45) is 0 Å². The molecule has 1 saturated heterocycles. The third kappa shape index (κ3) is 4.49. The fraction of sp³-hybridized carbons (Fsp3) is 0.480. The Kier molecular flexibility index (Phi) is 5.64. The zero-order chi connectivity index (χ0) is 23.2. The number of para-hydroxylation sites is 1. The van der Waals surface area contributed by atoms with Gasteiger partial charge in [-0.3, -0.25) is 4.79 Å². The van der Waals surface area contributed by atoms with Crippen LogP contribution < -0.4 is 0 Å². The van der Waals surface area contributed by atoms with Crippen molar-refractivity contribution in [1.82, 2.24) is 19.8 Å². The fourth-order valence-corrected chi connectivity index (χ4v) is 5.70. The minimum atomic E-state index is -0.486. The van der Waals surface area contributed by atoms with Gasteiger partial charge in [-0.25, -0.2) is 9.78 Å². The van der Waals surface area contributed by atoms with Crippen molar-refractivity contribution in [1.29, 1.82) is 0 Å². The first-order valence-electron chi connectivity index (χ1n) is 11.6. The number of hydrogen-bond donors (Lipinski definition) is 1. The molecule has 3 aromatic rings. The van der Waals surface area contributed by atoms with Crippen molar-refractivity contribution in [3.8, 4) is 0 Å². The number of carbonyl (C=O) groups excluding carboxylic acids is 2. The Labute approximate surface area is 197 Å². The summed E-state index contributed by atoms with van der Waals surface area (Å²) in [4.78, 5) is 37.4. The quantitative estimate of drug-likeness (QED) is 0.580. The maximum Gasteiger partial charge on any atom is 0.410 e. The van der Waals surface area contributed by atoms with Crippen molar-refractivity contribution < 1.29 is 14.3 Å². The molecule has 1 aromatic carbocycles. The number of piperidine rings is 1. The Balaban J connectivity index is 1.21. The van der Waals surface area contributed by atoms with Gasteiger partial charge in [0.25, 0.3) is 5.91 Å². The molecule has 8 heteroatoms. The van der Waals surface area contributed by atoms with Crippen molar-refractivity contribution in [3.63, 3.8) is 0 Å². The summed E-state index contributed by atoms with van der Waals surface area (Å²) in [5.41, 5.74) is 3.63. The van der Waals surface area contributed by atoms with Crippen LogP contribution in [0.15, 0.2) is 29.6 Å². The highest BCUT2D eigenvalue weighted by molar-refractivity contribution is 7.09. The highest BCUT2D eigenvalue weighted by Gasteiger charge is 2.30. The molecule has 2 amide bonds. The second kappa shape index (κ2) is 8.48. The van der Waals surface area contributed by atoms with Crippen LogP contribution in [0.4, 0.5) is 4.79 Å². The molecular formula is C25H30N4O3S. The number of ether oxygens (including phenoxy) is 1. The van der Waals surface area contributed by atoms with Gasteiger partial charge in [0.05, 0.1) is 11.6 Å². The topological polar surface area (TPSA) is 78.5 Å². The van der Waals surface area contributed by atoms with E-state index in [9.17, 15) is 9.59 Å². The van der Waals surface area contributed by atoms with Gasteiger partial charge in [-0.1, -0.05) is 18.2 Å². The average Bonchev–Trinajstić information content (AvgIpc) is 3.42. The number of thiazole rings is 1. The lowest BCUT2D eigenvalue weighted by molar-refractivity contribution is 0.0204. The number of aromatic amines is 1. The van der Waals surface area contributed by atoms with Gasteiger partial charge in [-0.05, 0) is 51.7 Å². The molecule has 174 valence electrons.